The Labute approximate surface area is 141 Å². The standard InChI is InChI=1S/C8H18O.C6H14O.C5H12O/c1-7(2)8(3,4)6-9-5;1-6(2)4-5-7-3;1-5(2)4-6-3/h7H,6H2,1-5H3;6H,4-5H2,1-3H3;5H,4H2,1-3H3. The molecule has 0 N–H and O–H groups in total. The number of methoxy groups -OCH3 is 3. The fourth-order valence-electron chi connectivity index (χ4n) is 1.23. The third kappa shape index (κ3) is 24.9. The van der Waals surface area contributed by atoms with Gasteiger partial charge in [-0.2, -0.15) is 0 Å². The molecule has 0 saturated heterocycles. The van der Waals surface area contributed by atoms with Gasteiger partial charge in [-0.1, -0.05) is 55.4 Å². The van der Waals surface area contributed by atoms with E-state index in [1.54, 1.807) is 21.3 Å². The molecule has 22 heavy (non-hydrogen) atoms. The van der Waals surface area contributed by atoms with Crippen LogP contribution < -0.4 is 0 Å². The van der Waals surface area contributed by atoms with Crippen LogP contribution in [-0.2, 0) is 14.2 Å². The molecule has 0 aromatic carbocycles. The molecule has 138 valence electrons. The number of hydrogen-bond donors (Lipinski definition) is 0. The molecule has 0 rings (SSSR count). The zero-order valence-electron chi connectivity index (χ0n) is 17.3. The first-order chi connectivity index (χ1) is 10.0. The Balaban J connectivity index is -0.000000252. The molecule has 0 aromatic rings. The second kappa shape index (κ2) is 17.2. The van der Waals surface area contributed by atoms with Gasteiger partial charge in [-0.25, -0.2) is 0 Å². The molecule has 0 aliphatic heterocycles. The second-order valence-electron chi connectivity index (χ2n) is 7.60. The average Bonchev–Trinajstić information content (AvgIpc) is 2.37. The van der Waals surface area contributed by atoms with Gasteiger partial charge in [0.1, 0.15) is 0 Å². The summed E-state index contributed by atoms with van der Waals surface area (Å²) in [5.74, 6) is 2.15. The van der Waals surface area contributed by atoms with Crippen molar-refractivity contribution in [3.8, 4) is 0 Å². The minimum absolute atomic E-state index is 0.328. The monoisotopic (exact) mass is 320 g/mol. The van der Waals surface area contributed by atoms with Crippen LogP contribution in [0.4, 0.5) is 0 Å². The molecule has 0 amide bonds. The predicted octanol–water partition coefficient (Wildman–Crippen LogP) is 5.28. The van der Waals surface area contributed by atoms with Gasteiger partial charge in [-0.05, 0) is 29.6 Å². The van der Waals surface area contributed by atoms with E-state index < -0.39 is 0 Å². The number of hydrogen-bond acceptors (Lipinski definition) is 3. The van der Waals surface area contributed by atoms with Gasteiger partial charge in [0.25, 0.3) is 0 Å². The summed E-state index contributed by atoms with van der Waals surface area (Å²) in [7, 11) is 5.21. The highest BCUT2D eigenvalue weighted by Gasteiger charge is 2.21. The lowest BCUT2D eigenvalue weighted by atomic mass is 9.82. The van der Waals surface area contributed by atoms with Crippen LogP contribution in [0.15, 0.2) is 0 Å². The lowest BCUT2D eigenvalue weighted by molar-refractivity contribution is 0.0717. The zero-order chi connectivity index (χ0) is 18.2. The fourth-order valence-corrected chi connectivity index (χ4v) is 1.23. The summed E-state index contributed by atoms with van der Waals surface area (Å²) in [6.45, 7) is 20.2. The van der Waals surface area contributed by atoms with Crippen molar-refractivity contribution < 1.29 is 14.2 Å². The molecule has 0 aromatic heterocycles. The topological polar surface area (TPSA) is 27.7 Å². The van der Waals surface area contributed by atoms with Crippen molar-refractivity contribution in [1.82, 2.24) is 0 Å². The maximum Gasteiger partial charge on any atom is 0.0515 e. The third-order valence-electron chi connectivity index (χ3n) is 3.48. The molecule has 0 bridgehead atoms. The van der Waals surface area contributed by atoms with Crippen molar-refractivity contribution in [2.24, 2.45) is 23.2 Å². The molecule has 0 unspecified atom stereocenters. The first kappa shape index (κ1) is 26.8. The molecule has 3 nitrogen and oxygen atoms in total. The predicted molar refractivity (Wildman–Crippen MR) is 98.5 cm³/mol. The van der Waals surface area contributed by atoms with Gasteiger partial charge in [0, 0.05) is 34.5 Å². The van der Waals surface area contributed by atoms with E-state index in [0.717, 1.165) is 25.7 Å². The lowest BCUT2D eigenvalue weighted by Gasteiger charge is -2.27. The quantitative estimate of drug-likeness (QED) is 0.608. The Morgan fingerprint density at radius 2 is 1.23 bits per heavy atom. The van der Waals surface area contributed by atoms with E-state index in [0.29, 0.717) is 17.3 Å². The van der Waals surface area contributed by atoms with Crippen LogP contribution in [0.1, 0.15) is 61.8 Å². The van der Waals surface area contributed by atoms with Crippen molar-refractivity contribution in [3.05, 3.63) is 0 Å². The fraction of sp³-hybridized carbons (Fsp3) is 1.00. The summed E-state index contributed by atoms with van der Waals surface area (Å²) in [4.78, 5) is 0. The summed E-state index contributed by atoms with van der Waals surface area (Å²) in [5.41, 5.74) is 0.328. The molecule has 0 atom stereocenters. The van der Waals surface area contributed by atoms with Crippen LogP contribution in [0, 0.1) is 23.2 Å². The Morgan fingerprint density at radius 1 is 0.727 bits per heavy atom. The molecule has 0 heterocycles. The maximum atomic E-state index is 5.07. The van der Waals surface area contributed by atoms with Crippen LogP contribution in [-0.4, -0.2) is 41.2 Å². The van der Waals surface area contributed by atoms with Crippen LogP contribution >= 0.6 is 0 Å². The van der Waals surface area contributed by atoms with Gasteiger partial charge in [-0.15, -0.1) is 0 Å². The molecule has 0 spiro atoms. The van der Waals surface area contributed by atoms with Gasteiger partial charge in [0.2, 0.25) is 0 Å². The minimum Gasteiger partial charge on any atom is -0.385 e. The van der Waals surface area contributed by atoms with Gasteiger partial charge in [0.15, 0.2) is 0 Å². The third-order valence-corrected chi connectivity index (χ3v) is 3.48. The molecule has 0 fully saturated rings. The Kier molecular flexibility index (Phi) is 21.0. The summed E-state index contributed by atoms with van der Waals surface area (Å²) in [5, 5.41) is 0. The Bertz CT molecular complexity index is 199. The van der Waals surface area contributed by atoms with Gasteiger partial charge < -0.3 is 14.2 Å². The molecule has 0 aliphatic rings. The molecular weight excluding hydrogens is 276 g/mol. The number of rotatable bonds is 8. The van der Waals surface area contributed by atoms with Gasteiger partial charge in [0.05, 0.1) is 6.61 Å². The molecular formula is C19H44O3. The molecule has 3 heteroatoms. The maximum absolute atomic E-state index is 5.07. The van der Waals surface area contributed by atoms with E-state index in [1.807, 2.05) is 0 Å². The summed E-state index contributed by atoms with van der Waals surface area (Å²) < 4.78 is 14.7. The summed E-state index contributed by atoms with van der Waals surface area (Å²) in [6.07, 6.45) is 1.18. The van der Waals surface area contributed by atoms with Crippen molar-refractivity contribution >= 4 is 0 Å². The highest BCUT2D eigenvalue weighted by molar-refractivity contribution is 4.70. The van der Waals surface area contributed by atoms with Crippen molar-refractivity contribution in [2.45, 2.75) is 61.8 Å². The first-order valence-electron chi connectivity index (χ1n) is 8.51. The first-order valence-corrected chi connectivity index (χ1v) is 8.51. The van der Waals surface area contributed by atoms with E-state index in [1.165, 1.54) is 6.42 Å². The van der Waals surface area contributed by atoms with Crippen LogP contribution in [0.25, 0.3) is 0 Å². The normalized spacial score (nSPS) is 11.2. The van der Waals surface area contributed by atoms with E-state index in [9.17, 15) is 0 Å². The van der Waals surface area contributed by atoms with Crippen LogP contribution in [0.3, 0.4) is 0 Å². The largest absolute Gasteiger partial charge is 0.385 e. The number of ether oxygens (including phenoxy) is 3. The minimum atomic E-state index is 0.328. The zero-order valence-corrected chi connectivity index (χ0v) is 17.3. The van der Waals surface area contributed by atoms with E-state index in [4.69, 9.17) is 14.2 Å². The smallest absolute Gasteiger partial charge is 0.0515 e. The van der Waals surface area contributed by atoms with Crippen molar-refractivity contribution in [3.63, 3.8) is 0 Å². The van der Waals surface area contributed by atoms with Gasteiger partial charge >= 0.3 is 0 Å². The van der Waals surface area contributed by atoms with Crippen molar-refractivity contribution in [1.29, 1.82) is 0 Å². The Hall–Kier alpha value is -0.120. The molecule has 0 saturated carbocycles. The average molecular weight is 321 g/mol. The van der Waals surface area contributed by atoms with Crippen molar-refractivity contribution in [2.75, 3.05) is 41.2 Å². The van der Waals surface area contributed by atoms with Gasteiger partial charge in [-0.3, -0.25) is 0 Å². The van der Waals surface area contributed by atoms with E-state index in [-0.39, 0.29) is 0 Å². The molecule has 0 aliphatic carbocycles. The summed E-state index contributed by atoms with van der Waals surface area (Å²) in [6, 6.07) is 0. The second-order valence-corrected chi connectivity index (χ2v) is 7.60. The highest BCUT2D eigenvalue weighted by atomic mass is 16.5. The highest BCUT2D eigenvalue weighted by Crippen LogP contribution is 2.25. The Morgan fingerprint density at radius 3 is 1.32 bits per heavy atom. The van der Waals surface area contributed by atoms with Crippen LogP contribution in [0.2, 0.25) is 0 Å². The van der Waals surface area contributed by atoms with E-state index in [2.05, 4.69) is 55.4 Å². The van der Waals surface area contributed by atoms with E-state index >= 15 is 0 Å². The summed E-state index contributed by atoms with van der Waals surface area (Å²) >= 11 is 0. The lowest BCUT2D eigenvalue weighted by Crippen LogP contribution is -2.24. The molecule has 0 radical (unpaired) electrons. The van der Waals surface area contributed by atoms with Crippen LogP contribution in [0.5, 0.6) is 0 Å². The SMILES string of the molecule is COCC(C)(C)C(C)C.COCC(C)C.COCCC(C)C.